The fourth-order valence-electron chi connectivity index (χ4n) is 5.76. The molecule has 1 aliphatic carbocycles. The van der Waals surface area contributed by atoms with Gasteiger partial charge in [0.05, 0.1) is 16.4 Å². The van der Waals surface area contributed by atoms with Gasteiger partial charge in [0, 0.05) is 35.5 Å². The highest BCUT2D eigenvalue weighted by Crippen LogP contribution is 2.46. The molecule has 5 heteroatoms. The monoisotopic (exact) mass is 658 g/mol. The highest BCUT2D eigenvalue weighted by Gasteiger charge is 2.27. The summed E-state index contributed by atoms with van der Waals surface area (Å²) in [6.45, 7) is 8.00. The molecule has 0 unspecified atom stereocenters. The number of aromatic nitrogens is 1. The molecule has 0 saturated carbocycles. The van der Waals surface area contributed by atoms with Crippen LogP contribution in [0.4, 0.5) is 17.1 Å². The SMILES string of the molecule is C.CC.CC.CN1/C(=C/C=C2\CCC(/C=C/c3sc4ccccc4[n+]3C)=C2N(c2ccccc2)c2ccccc2)Sc2ccccc21. The van der Waals surface area contributed by atoms with Gasteiger partial charge in [0.25, 0.3) is 5.01 Å². The largest absolute Gasteiger partial charge is 0.338 e. The zero-order chi connectivity index (χ0) is 32.5. The van der Waals surface area contributed by atoms with E-state index >= 15 is 0 Å². The van der Waals surface area contributed by atoms with Crippen LogP contribution in [-0.2, 0) is 7.05 Å². The second-order valence-electron chi connectivity index (χ2n) is 10.5. The first-order valence-electron chi connectivity index (χ1n) is 16.3. The van der Waals surface area contributed by atoms with E-state index in [0.717, 1.165) is 24.2 Å². The van der Waals surface area contributed by atoms with E-state index in [-0.39, 0.29) is 7.43 Å². The number of hydrogen-bond acceptors (Lipinski definition) is 4. The molecule has 4 aromatic carbocycles. The summed E-state index contributed by atoms with van der Waals surface area (Å²) in [5.41, 5.74) is 8.83. The maximum Gasteiger partial charge on any atom is 0.262 e. The van der Waals surface area contributed by atoms with E-state index in [1.165, 1.54) is 47.7 Å². The van der Waals surface area contributed by atoms with Crippen LogP contribution >= 0.6 is 23.1 Å². The van der Waals surface area contributed by atoms with Crippen molar-refractivity contribution >= 4 is 56.5 Å². The van der Waals surface area contributed by atoms with Gasteiger partial charge in [0.1, 0.15) is 11.7 Å². The minimum absolute atomic E-state index is 0. The lowest BCUT2D eigenvalue weighted by Crippen LogP contribution is -2.28. The Labute approximate surface area is 290 Å². The van der Waals surface area contributed by atoms with Gasteiger partial charge in [0.2, 0.25) is 5.52 Å². The Hall–Kier alpha value is -4.32. The van der Waals surface area contributed by atoms with Crippen molar-refractivity contribution in [3.8, 4) is 0 Å². The van der Waals surface area contributed by atoms with E-state index in [2.05, 4.69) is 162 Å². The van der Waals surface area contributed by atoms with Crippen LogP contribution in [0.2, 0.25) is 0 Å². The molecule has 3 nitrogen and oxygen atoms in total. The summed E-state index contributed by atoms with van der Waals surface area (Å²) in [6.07, 6.45) is 11.3. The molecule has 0 amide bonds. The van der Waals surface area contributed by atoms with E-state index in [4.69, 9.17) is 0 Å². The topological polar surface area (TPSA) is 10.4 Å². The minimum atomic E-state index is 0. The zero-order valence-corrected chi connectivity index (χ0v) is 29.4. The summed E-state index contributed by atoms with van der Waals surface area (Å²) in [5.74, 6) is 0. The van der Waals surface area contributed by atoms with Crippen molar-refractivity contribution in [1.82, 2.24) is 0 Å². The van der Waals surface area contributed by atoms with Crippen molar-refractivity contribution < 1.29 is 4.57 Å². The molecule has 242 valence electrons. The molecule has 0 radical (unpaired) electrons. The Morgan fingerprint density at radius 2 is 1.30 bits per heavy atom. The number of benzene rings is 4. The van der Waals surface area contributed by atoms with Crippen LogP contribution in [0.1, 0.15) is 53.0 Å². The number of hydrogen-bond donors (Lipinski definition) is 0. The van der Waals surface area contributed by atoms with Crippen LogP contribution in [0.25, 0.3) is 16.3 Å². The predicted molar refractivity (Wildman–Crippen MR) is 210 cm³/mol. The number of thioether (sulfide) groups is 1. The van der Waals surface area contributed by atoms with Crippen molar-refractivity contribution in [2.24, 2.45) is 7.05 Å². The van der Waals surface area contributed by atoms with Gasteiger partial charge in [-0.1, -0.05) is 125 Å². The van der Waals surface area contributed by atoms with Gasteiger partial charge in [0.15, 0.2) is 0 Å². The van der Waals surface area contributed by atoms with Crippen molar-refractivity contribution in [1.29, 1.82) is 0 Å². The van der Waals surface area contributed by atoms with Crippen LogP contribution in [0.3, 0.4) is 0 Å². The highest BCUT2D eigenvalue weighted by atomic mass is 32.2. The van der Waals surface area contributed by atoms with Crippen molar-refractivity contribution in [3.05, 3.63) is 154 Å². The number of para-hydroxylation sites is 4. The summed E-state index contributed by atoms with van der Waals surface area (Å²) < 4.78 is 3.60. The number of rotatable bonds is 6. The second kappa shape index (κ2) is 17.0. The highest BCUT2D eigenvalue weighted by molar-refractivity contribution is 8.03. The molecule has 1 aromatic heterocycles. The number of aryl methyl sites for hydroxylation is 1. The van der Waals surface area contributed by atoms with Crippen LogP contribution in [-0.4, -0.2) is 7.05 Å². The van der Waals surface area contributed by atoms with Crippen molar-refractivity contribution in [2.75, 3.05) is 16.8 Å². The molecule has 0 atom stereocenters. The van der Waals surface area contributed by atoms with Crippen molar-refractivity contribution in [3.63, 3.8) is 0 Å². The first kappa shape index (κ1) is 35.5. The van der Waals surface area contributed by atoms with Gasteiger partial charge >= 0.3 is 0 Å². The predicted octanol–water partition coefficient (Wildman–Crippen LogP) is 12.3. The van der Waals surface area contributed by atoms with Crippen LogP contribution in [0, 0.1) is 0 Å². The Kier molecular flexibility index (Phi) is 12.9. The summed E-state index contributed by atoms with van der Waals surface area (Å²) in [4.78, 5) is 6.04. The van der Waals surface area contributed by atoms with E-state index in [1.807, 2.05) is 50.8 Å². The molecule has 0 bridgehead atoms. The molecular formula is C42H48N3S2+. The third kappa shape index (κ3) is 7.64. The normalized spacial score (nSPS) is 15.3. The Balaban J connectivity index is 0.000000964. The van der Waals surface area contributed by atoms with Crippen LogP contribution in [0.5, 0.6) is 0 Å². The van der Waals surface area contributed by atoms with Gasteiger partial charge < -0.3 is 9.80 Å². The minimum Gasteiger partial charge on any atom is -0.338 e. The summed E-state index contributed by atoms with van der Waals surface area (Å²) in [7, 11) is 4.32. The maximum atomic E-state index is 2.43. The quantitative estimate of drug-likeness (QED) is 0.168. The van der Waals surface area contributed by atoms with Crippen LogP contribution < -0.4 is 14.4 Å². The number of anilines is 3. The zero-order valence-electron chi connectivity index (χ0n) is 27.8. The molecule has 0 N–H and O–H groups in total. The molecule has 7 rings (SSSR count). The third-order valence-electron chi connectivity index (χ3n) is 7.92. The Bertz CT molecular complexity index is 1840. The standard InChI is InChI=1S/C37H32N3S2.2C2H6.CH4/c1-38-31-17-9-11-19-33(31)41-35(38)25-23-27-21-22-28(24-26-36-39(2)32-18-10-12-20-34(32)42-36)37(27)40(29-13-5-3-6-14-29)30-15-7-4-8-16-30;2*1-2;/h3-20,23-26H,21-22H2,1-2H3;2*1-2H3;1H4/q+1;;;. The van der Waals surface area contributed by atoms with E-state index < -0.39 is 0 Å². The molecule has 0 spiro atoms. The first-order valence-corrected chi connectivity index (χ1v) is 17.9. The molecule has 0 fully saturated rings. The maximum absolute atomic E-state index is 2.43. The summed E-state index contributed by atoms with van der Waals surface area (Å²) in [5, 5.41) is 2.49. The molecule has 1 aliphatic heterocycles. The van der Waals surface area contributed by atoms with E-state index in [9.17, 15) is 0 Å². The fraction of sp³-hybridized carbons (Fsp3) is 0.214. The lowest BCUT2D eigenvalue weighted by molar-refractivity contribution is -0.642. The number of thiazole rings is 1. The van der Waals surface area contributed by atoms with Crippen molar-refractivity contribution in [2.45, 2.75) is 52.9 Å². The van der Waals surface area contributed by atoms with E-state index in [0.29, 0.717) is 0 Å². The van der Waals surface area contributed by atoms with Gasteiger partial charge in [-0.2, -0.15) is 4.57 Å². The molecular weight excluding hydrogens is 611 g/mol. The second-order valence-corrected chi connectivity index (χ2v) is 12.6. The number of allylic oxidation sites excluding steroid dienone is 5. The smallest absolute Gasteiger partial charge is 0.262 e. The molecule has 0 saturated heterocycles. The number of fused-ring (bicyclic) bond motifs is 2. The first-order chi connectivity index (χ1) is 22.7. The fourth-order valence-corrected chi connectivity index (χ4v) is 7.87. The molecule has 2 heterocycles. The average molecular weight is 659 g/mol. The van der Waals surface area contributed by atoms with Crippen LogP contribution in [0.15, 0.2) is 154 Å². The average Bonchev–Trinajstić information content (AvgIpc) is 3.78. The van der Waals surface area contributed by atoms with Gasteiger partial charge in [-0.05, 0) is 78.6 Å². The Morgan fingerprint density at radius 3 is 1.94 bits per heavy atom. The molecule has 2 aliphatic rings. The summed E-state index contributed by atoms with van der Waals surface area (Å²) >= 11 is 3.68. The van der Waals surface area contributed by atoms with Gasteiger partial charge in [-0.25, -0.2) is 0 Å². The molecule has 47 heavy (non-hydrogen) atoms. The summed E-state index contributed by atoms with van der Waals surface area (Å²) in [6, 6.07) is 38.8. The molecule has 5 aromatic rings. The van der Waals surface area contributed by atoms with Gasteiger partial charge in [-0.15, -0.1) is 0 Å². The Morgan fingerprint density at radius 1 is 0.702 bits per heavy atom. The van der Waals surface area contributed by atoms with E-state index in [1.54, 1.807) is 0 Å². The lowest BCUT2D eigenvalue weighted by atomic mass is 10.1. The number of nitrogens with zero attached hydrogens (tertiary/aromatic N) is 3. The van der Waals surface area contributed by atoms with Gasteiger partial charge in [-0.3, -0.25) is 0 Å². The lowest BCUT2D eigenvalue weighted by Gasteiger charge is -2.28. The third-order valence-corrected chi connectivity index (χ3v) is 10.3.